The van der Waals surface area contributed by atoms with Gasteiger partial charge in [-0.1, -0.05) is 36.4 Å². The molecule has 1 N–H and O–H groups in total. The number of ether oxygens (including phenoxy) is 1. The van der Waals surface area contributed by atoms with Crippen molar-refractivity contribution < 1.29 is 27.9 Å². The smallest absolute Gasteiger partial charge is 0.306 e. The van der Waals surface area contributed by atoms with Gasteiger partial charge in [0.25, 0.3) is 11.8 Å². The fraction of sp³-hybridized carbons (Fsp3) is 0.357. The van der Waals surface area contributed by atoms with Crippen molar-refractivity contribution >= 4 is 34.8 Å². The molecule has 0 saturated carbocycles. The third kappa shape index (κ3) is 6.61. The third-order valence-corrected chi connectivity index (χ3v) is 7.59. The lowest BCUT2D eigenvalue weighted by molar-refractivity contribution is -0.143. The summed E-state index contributed by atoms with van der Waals surface area (Å²) in [5.74, 6) is -3.69. The second kappa shape index (κ2) is 11.8. The van der Waals surface area contributed by atoms with Gasteiger partial charge in [0.2, 0.25) is 5.91 Å². The molecule has 7 nitrogen and oxygen atoms in total. The standard InChI is InChI=1S/C28H29F2N3O4S/c1-28(29,30)20-7-5-6-19(16-20)21-8-3-4-9-22(21)31-26(36)23-17-38-27(32-23)18-12-14-33(15-13-18)24(34)10-11-25(35)37-2/h3-9,16-18H,10-15H2,1-2H3,(H,31,36). The Kier molecular flexibility index (Phi) is 8.51. The molecule has 0 bridgehead atoms. The highest BCUT2D eigenvalue weighted by atomic mass is 32.1. The maximum Gasteiger partial charge on any atom is 0.306 e. The van der Waals surface area contributed by atoms with Gasteiger partial charge in [-0.05, 0) is 30.5 Å². The minimum Gasteiger partial charge on any atom is -0.469 e. The van der Waals surface area contributed by atoms with Crippen molar-refractivity contribution in [3.63, 3.8) is 0 Å². The number of anilines is 1. The van der Waals surface area contributed by atoms with Gasteiger partial charge in [-0.3, -0.25) is 14.4 Å². The fourth-order valence-electron chi connectivity index (χ4n) is 4.41. The van der Waals surface area contributed by atoms with Crippen LogP contribution in [-0.4, -0.2) is 47.9 Å². The molecule has 200 valence electrons. The molecule has 10 heteroatoms. The predicted molar refractivity (Wildman–Crippen MR) is 141 cm³/mol. The lowest BCUT2D eigenvalue weighted by Gasteiger charge is -2.31. The molecule has 1 saturated heterocycles. The molecule has 0 aliphatic carbocycles. The molecule has 4 rings (SSSR count). The molecular weight excluding hydrogens is 512 g/mol. The van der Waals surface area contributed by atoms with E-state index in [0.717, 1.165) is 24.8 Å². The molecule has 1 aliphatic rings. The van der Waals surface area contributed by atoms with Gasteiger partial charge in [-0.15, -0.1) is 11.3 Å². The maximum atomic E-state index is 13.9. The second-order valence-electron chi connectivity index (χ2n) is 9.27. The normalized spacial score (nSPS) is 14.3. The van der Waals surface area contributed by atoms with Gasteiger partial charge in [0.1, 0.15) is 5.69 Å². The highest BCUT2D eigenvalue weighted by Gasteiger charge is 2.27. The fourth-order valence-corrected chi connectivity index (χ4v) is 5.39. The SMILES string of the molecule is COC(=O)CCC(=O)N1CCC(c2nc(C(=O)Nc3ccccc3-c3cccc(C(C)(F)F)c3)cs2)CC1. The first-order valence-electron chi connectivity index (χ1n) is 12.3. The lowest BCUT2D eigenvalue weighted by atomic mass is 9.97. The first kappa shape index (κ1) is 27.4. The molecule has 0 atom stereocenters. The first-order chi connectivity index (χ1) is 18.2. The monoisotopic (exact) mass is 541 g/mol. The number of esters is 1. The number of carbonyl (C=O) groups excluding carboxylic acids is 3. The molecule has 2 amide bonds. The average molecular weight is 542 g/mol. The van der Waals surface area contributed by atoms with E-state index in [1.165, 1.54) is 30.6 Å². The van der Waals surface area contributed by atoms with Crippen LogP contribution in [0.25, 0.3) is 11.1 Å². The van der Waals surface area contributed by atoms with Crippen LogP contribution in [0.2, 0.25) is 0 Å². The molecular formula is C28H29F2N3O4S. The number of aromatic nitrogens is 1. The summed E-state index contributed by atoms with van der Waals surface area (Å²) >= 11 is 1.41. The van der Waals surface area contributed by atoms with Crippen molar-refractivity contribution in [1.82, 2.24) is 9.88 Å². The Morgan fingerprint density at radius 2 is 1.84 bits per heavy atom. The summed E-state index contributed by atoms with van der Waals surface area (Å²) in [7, 11) is 1.30. The quantitative estimate of drug-likeness (QED) is 0.363. The van der Waals surface area contributed by atoms with E-state index in [1.54, 1.807) is 46.7 Å². The van der Waals surface area contributed by atoms with Crippen molar-refractivity contribution in [2.45, 2.75) is 44.4 Å². The predicted octanol–water partition coefficient (Wildman–Crippen LogP) is 5.83. The van der Waals surface area contributed by atoms with Crippen molar-refractivity contribution in [1.29, 1.82) is 0 Å². The summed E-state index contributed by atoms with van der Waals surface area (Å²) in [4.78, 5) is 43.0. The highest BCUT2D eigenvalue weighted by Crippen LogP contribution is 2.34. The Labute approximate surface area is 223 Å². The van der Waals surface area contributed by atoms with Gasteiger partial charge in [-0.25, -0.2) is 13.8 Å². The van der Waals surface area contributed by atoms with Gasteiger partial charge in [-0.2, -0.15) is 0 Å². The first-order valence-corrected chi connectivity index (χ1v) is 13.2. The Morgan fingerprint density at radius 1 is 1.11 bits per heavy atom. The van der Waals surface area contributed by atoms with E-state index in [-0.39, 0.29) is 41.8 Å². The van der Waals surface area contributed by atoms with E-state index in [4.69, 9.17) is 0 Å². The Hall–Kier alpha value is -3.66. The average Bonchev–Trinajstić information content (AvgIpc) is 3.42. The van der Waals surface area contributed by atoms with E-state index in [1.807, 2.05) is 0 Å². The number of amides is 2. The Morgan fingerprint density at radius 3 is 2.55 bits per heavy atom. The van der Waals surface area contributed by atoms with Crippen LogP contribution in [0.4, 0.5) is 14.5 Å². The number of hydrogen-bond acceptors (Lipinski definition) is 6. The van der Waals surface area contributed by atoms with Gasteiger partial charge >= 0.3 is 5.97 Å². The number of carbonyl (C=O) groups is 3. The number of alkyl halides is 2. The molecule has 3 aromatic rings. The number of hydrogen-bond donors (Lipinski definition) is 1. The van der Waals surface area contributed by atoms with Crippen LogP contribution in [-0.2, 0) is 20.2 Å². The van der Waals surface area contributed by atoms with E-state index in [9.17, 15) is 23.2 Å². The van der Waals surface area contributed by atoms with Gasteiger partial charge in [0, 0.05) is 54.5 Å². The van der Waals surface area contributed by atoms with Crippen LogP contribution in [0, 0.1) is 0 Å². The number of methoxy groups -OCH3 is 1. The molecule has 0 unspecified atom stereocenters. The van der Waals surface area contributed by atoms with Gasteiger partial charge in [0.05, 0.1) is 18.5 Å². The molecule has 0 spiro atoms. The topological polar surface area (TPSA) is 88.6 Å². The van der Waals surface area contributed by atoms with Crippen LogP contribution in [0.15, 0.2) is 53.9 Å². The molecule has 1 aliphatic heterocycles. The number of halogens is 2. The van der Waals surface area contributed by atoms with Crippen molar-refractivity contribution in [3.05, 3.63) is 70.2 Å². The van der Waals surface area contributed by atoms with E-state index >= 15 is 0 Å². The number of benzene rings is 2. The summed E-state index contributed by atoms with van der Waals surface area (Å²) in [5.41, 5.74) is 1.89. The third-order valence-electron chi connectivity index (χ3n) is 6.58. The molecule has 2 heterocycles. The number of likely N-dealkylation sites (tertiary alicyclic amines) is 1. The summed E-state index contributed by atoms with van der Waals surface area (Å²) < 4.78 is 32.3. The highest BCUT2D eigenvalue weighted by molar-refractivity contribution is 7.10. The van der Waals surface area contributed by atoms with E-state index in [0.29, 0.717) is 29.9 Å². The summed E-state index contributed by atoms with van der Waals surface area (Å²) in [6.07, 6.45) is 1.64. The Balaban J connectivity index is 1.39. The van der Waals surface area contributed by atoms with Crippen molar-refractivity contribution in [3.8, 4) is 11.1 Å². The number of nitrogens with zero attached hydrogens (tertiary/aromatic N) is 2. The zero-order valence-corrected chi connectivity index (χ0v) is 22.0. The second-order valence-corrected chi connectivity index (χ2v) is 10.2. The molecule has 38 heavy (non-hydrogen) atoms. The number of para-hydroxylation sites is 1. The number of rotatable bonds is 8. The number of nitrogens with one attached hydrogen (secondary N) is 1. The summed E-state index contributed by atoms with van der Waals surface area (Å²) in [6, 6.07) is 13.2. The van der Waals surface area contributed by atoms with Crippen LogP contribution in [0.1, 0.15) is 59.6 Å². The Bertz CT molecular complexity index is 1310. The number of thiazole rings is 1. The van der Waals surface area contributed by atoms with E-state index < -0.39 is 11.9 Å². The molecule has 1 fully saturated rings. The van der Waals surface area contributed by atoms with Crippen molar-refractivity contribution in [2.75, 3.05) is 25.5 Å². The van der Waals surface area contributed by atoms with Gasteiger partial charge in [0.15, 0.2) is 0 Å². The van der Waals surface area contributed by atoms with Crippen LogP contribution in [0.5, 0.6) is 0 Å². The van der Waals surface area contributed by atoms with E-state index in [2.05, 4.69) is 15.0 Å². The molecule has 1 aromatic heterocycles. The largest absolute Gasteiger partial charge is 0.469 e. The van der Waals surface area contributed by atoms with Crippen LogP contribution >= 0.6 is 11.3 Å². The van der Waals surface area contributed by atoms with Crippen LogP contribution < -0.4 is 5.32 Å². The van der Waals surface area contributed by atoms with Gasteiger partial charge < -0.3 is 15.0 Å². The minimum atomic E-state index is -2.97. The summed E-state index contributed by atoms with van der Waals surface area (Å²) in [6.45, 7) is 1.98. The summed E-state index contributed by atoms with van der Waals surface area (Å²) in [5, 5.41) is 5.42. The van der Waals surface area contributed by atoms with Crippen molar-refractivity contribution in [2.24, 2.45) is 0 Å². The number of piperidine rings is 1. The lowest BCUT2D eigenvalue weighted by Crippen LogP contribution is -2.38. The molecule has 0 radical (unpaired) electrons. The zero-order valence-electron chi connectivity index (χ0n) is 21.2. The maximum absolute atomic E-state index is 13.9. The zero-order chi connectivity index (χ0) is 27.3. The minimum absolute atomic E-state index is 0.0693. The van der Waals surface area contributed by atoms with Crippen LogP contribution in [0.3, 0.4) is 0 Å². The molecule has 2 aromatic carbocycles.